The van der Waals surface area contributed by atoms with E-state index in [9.17, 15) is 14.4 Å². The minimum absolute atomic E-state index is 0.253. The summed E-state index contributed by atoms with van der Waals surface area (Å²) in [5, 5.41) is 2.64. The Kier molecular flexibility index (Phi) is 5.48. The number of esters is 1. The predicted molar refractivity (Wildman–Crippen MR) is 83.7 cm³/mol. The van der Waals surface area contributed by atoms with Gasteiger partial charge in [-0.3, -0.25) is 9.69 Å². The van der Waals surface area contributed by atoms with Gasteiger partial charge in [0.25, 0.3) is 0 Å². The van der Waals surface area contributed by atoms with E-state index in [1.165, 1.54) is 11.0 Å². The molecule has 1 fully saturated rings. The van der Waals surface area contributed by atoms with Crippen LogP contribution in [0.3, 0.4) is 0 Å². The first-order chi connectivity index (χ1) is 11.2. The van der Waals surface area contributed by atoms with Crippen LogP contribution in [0.15, 0.2) is 11.8 Å². The standard InChI is InChI=1S/C16H24N2O6/c1-5-22-14-10(9-12(19)23-14)17-13(20)11-7-6-8-18(11)15(21)24-16(2,3)4/h9,11,14H,5-8H2,1-4H3,(H,17,20)/t11-,14?/m1/s1. The highest BCUT2D eigenvalue weighted by molar-refractivity contribution is 5.91. The van der Waals surface area contributed by atoms with Gasteiger partial charge in [0.1, 0.15) is 11.6 Å². The van der Waals surface area contributed by atoms with Crippen molar-refractivity contribution in [2.75, 3.05) is 13.2 Å². The first-order valence-corrected chi connectivity index (χ1v) is 8.05. The Morgan fingerprint density at radius 3 is 2.75 bits per heavy atom. The molecule has 0 radical (unpaired) electrons. The zero-order valence-corrected chi connectivity index (χ0v) is 14.5. The van der Waals surface area contributed by atoms with E-state index in [1.807, 2.05) is 0 Å². The zero-order chi connectivity index (χ0) is 17.9. The van der Waals surface area contributed by atoms with Crippen molar-refractivity contribution in [1.82, 2.24) is 10.2 Å². The number of cyclic esters (lactones) is 1. The second kappa shape index (κ2) is 7.21. The van der Waals surface area contributed by atoms with Gasteiger partial charge in [0.05, 0.1) is 5.70 Å². The summed E-state index contributed by atoms with van der Waals surface area (Å²) in [5.74, 6) is -0.952. The average molecular weight is 340 g/mol. The van der Waals surface area contributed by atoms with Crippen molar-refractivity contribution < 1.29 is 28.6 Å². The number of likely N-dealkylation sites (tertiary alicyclic amines) is 1. The lowest BCUT2D eigenvalue weighted by Crippen LogP contribution is -2.48. The lowest BCUT2D eigenvalue weighted by molar-refractivity contribution is -0.159. The number of carbonyl (C=O) groups excluding carboxylic acids is 3. The van der Waals surface area contributed by atoms with Crippen LogP contribution < -0.4 is 5.32 Å². The van der Waals surface area contributed by atoms with Gasteiger partial charge in [-0.2, -0.15) is 0 Å². The van der Waals surface area contributed by atoms with Crippen molar-refractivity contribution in [2.24, 2.45) is 0 Å². The smallest absolute Gasteiger partial charge is 0.410 e. The molecule has 0 aromatic rings. The molecule has 1 unspecified atom stereocenters. The van der Waals surface area contributed by atoms with Crippen LogP contribution in [-0.4, -0.2) is 54.0 Å². The highest BCUT2D eigenvalue weighted by atomic mass is 16.7. The Hall–Kier alpha value is -2.09. The first kappa shape index (κ1) is 18.3. The summed E-state index contributed by atoms with van der Waals surface area (Å²) < 4.78 is 15.5. The molecule has 2 atom stereocenters. The van der Waals surface area contributed by atoms with E-state index in [0.717, 1.165) is 0 Å². The Morgan fingerprint density at radius 1 is 1.42 bits per heavy atom. The molecular formula is C16H24N2O6. The fraction of sp³-hybridized carbons (Fsp3) is 0.688. The van der Waals surface area contributed by atoms with E-state index in [2.05, 4.69) is 5.32 Å². The van der Waals surface area contributed by atoms with Crippen LogP contribution in [0.25, 0.3) is 0 Å². The van der Waals surface area contributed by atoms with Crippen molar-refractivity contribution in [1.29, 1.82) is 0 Å². The maximum atomic E-state index is 12.5. The molecule has 2 heterocycles. The molecule has 0 aromatic heterocycles. The molecule has 0 saturated carbocycles. The third kappa shape index (κ3) is 4.47. The summed E-state index contributed by atoms with van der Waals surface area (Å²) in [6.45, 7) is 7.86. The van der Waals surface area contributed by atoms with E-state index >= 15 is 0 Å². The Morgan fingerprint density at radius 2 is 2.12 bits per heavy atom. The highest BCUT2D eigenvalue weighted by Gasteiger charge is 2.38. The van der Waals surface area contributed by atoms with Gasteiger partial charge >= 0.3 is 12.1 Å². The van der Waals surface area contributed by atoms with Gasteiger partial charge in [0.2, 0.25) is 12.2 Å². The van der Waals surface area contributed by atoms with Gasteiger partial charge in [-0.25, -0.2) is 9.59 Å². The zero-order valence-electron chi connectivity index (χ0n) is 14.5. The number of carbonyl (C=O) groups is 3. The molecule has 0 aliphatic carbocycles. The molecule has 24 heavy (non-hydrogen) atoms. The second-order valence-corrected chi connectivity index (χ2v) is 6.64. The summed E-state index contributed by atoms with van der Waals surface area (Å²) in [6, 6.07) is -0.640. The van der Waals surface area contributed by atoms with E-state index in [0.29, 0.717) is 26.0 Å². The van der Waals surface area contributed by atoms with E-state index in [4.69, 9.17) is 14.2 Å². The summed E-state index contributed by atoms with van der Waals surface area (Å²) in [4.78, 5) is 37.5. The fourth-order valence-electron chi connectivity index (χ4n) is 2.57. The quantitative estimate of drug-likeness (QED) is 0.776. The molecule has 2 amide bonds. The molecule has 1 N–H and O–H groups in total. The fourth-order valence-corrected chi connectivity index (χ4v) is 2.57. The van der Waals surface area contributed by atoms with Crippen LogP contribution >= 0.6 is 0 Å². The molecule has 8 heteroatoms. The Balaban J connectivity index is 2.02. The van der Waals surface area contributed by atoms with Gasteiger partial charge in [0.15, 0.2) is 0 Å². The van der Waals surface area contributed by atoms with E-state index < -0.39 is 30.0 Å². The third-order valence-corrected chi connectivity index (χ3v) is 3.52. The van der Waals surface area contributed by atoms with E-state index in [-0.39, 0.29) is 11.6 Å². The Bertz CT molecular complexity index is 551. The van der Waals surface area contributed by atoms with Crippen LogP contribution in [0.4, 0.5) is 4.79 Å². The lowest BCUT2D eigenvalue weighted by Gasteiger charge is -2.28. The largest absolute Gasteiger partial charge is 0.444 e. The number of amides is 2. The third-order valence-electron chi connectivity index (χ3n) is 3.52. The number of hydrogen-bond donors (Lipinski definition) is 1. The number of rotatable bonds is 4. The van der Waals surface area contributed by atoms with Crippen molar-refractivity contribution >= 4 is 18.0 Å². The maximum absolute atomic E-state index is 12.5. The van der Waals surface area contributed by atoms with Crippen molar-refractivity contribution in [2.45, 2.75) is 58.5 Å². The minimum Gasteiger partial charge on any atom is -0.444 e. The Labute approximate surface area is 141 Å². The van der Waals surface area contributed by atoms with Gasteiger partial charge in [-0.1, -0.05) is 0 Å². The van der Waals surface area contributed by atoms with Crippen molar-refractivity contribution in [3.8, 4) is 0 Å². The average Bonchev–Trinajstić information content (AvgIpc) is 3.04. The monoisotopic (exact) mass is 340 g/mol. The molecule has 0 spiro atoms. The van der Waals surface area contributed by atoms with Crippen molar-refractivity contribution in [3.05, 3.63) is 11.8 Å². The molecular weight excluding hydrogens is 316 g/mol. The lowest BCUT2D eigenvalue weighted by atomic mass is 10.2. The number of nitrogens with zero attached hydrogens (tertiary/aromatic N) is 1. The highest BCUT2D eigenvalue weighted by Crippen LogP contribution is 2.22. The molecule has 8 nitrogen and oxygen atoms in total. The molecule has 1 saturated heterocycles. The van der Waals surface area contributed by atoms with Gasteiger partial charge in [-0.15, -0.1) is 0 Å². The molecule has 0 bridgehead atoms. The normalized spacial score (nSPS) is 23.8. The predicted octanol–water partition coefficient (Wildman–Crippen LogP) is 1.31. The number of hydrogen-bond acceptors (Lipinski definition) is 6. The molecule has 0 aromatic carbocycles. The summed E-state index contributed by atoms with van der Waals surface area (Å²) in [7, 11) is 0. The van der Waals surface area contributed by atoms with Crippen LogP contribution in [-0.2, 0) is 23.8 Å². The van der Waals surface area contributed by atoms with Gasteiger partial charge < -0.3 is 19.5 Å². The second-order valence-electron chi connectivity index (χ2n) is 6.64. The van der Waals surface area contributed by atoms with Gasteiger partial charge in [-0.05, 0) is 40.5 Å². The van der Waals surface area contributed by atoms with Crippen LogP contribution in [0.1, 0.15) is 40.5 Å². The molecule has 2 aliphatic rings. The topological polar surface area (TPSA) is 94.2 Å². The van der Waals surface area contributed by atoms with E-state index in [1.54, 1.807) is 27.7 Å². The molecule has 134 valence electrons. The molecule has 2 aliphatic heterocycles. The number of nitrogens with one attached hydrogen (secondary N) is 1. The summed E-state index contributed by atoms with van der Waals surface area (Å²) >= 11 is 0. The first-order valence-electron chi connectivity index (χ1n) is 8.05. The minimum atomic E-state index is -0.914. The van der Waals surface area contributed by atoms with Crippen molar-refractivity contribution in [3.63, 3.8) is 0 Å². The molecule has 2 rings (SSSR count). The summed E-state index contributed by atoms with van der Waals surface area (Å²) in [6.07, 6.45) is 0.995. The SMILES string of the molecule is CCOC1OC(=O)C=C1NC(=O)[C@H]1CCCN1C(=O)OC(C)(C)C. The number of ether oxygens (including phenoxy) is 3. The van der Waals surface area contributed by atoms with Gasteiger partial charge in [0, 0.05) is 19.2 Å². The van der Waals surface area contributed by atoms with Crippen LogP contribution in [0.5, 0.6) is 0 Å². The maximum Gasteiger partial charge on any atom is 0.410 e. The van der Waals surface area contributed by atoms with Crippen LogP contribution in [0.2, 0.25) is 0 Å². The van der Waals surface area contributed by atoms with Crippen LogP contribution in [0, 0.1) is 0 Å². The summed E-state index contributed by atoms with van der Waals surface area (Å²) in [5.41, 5.74) is -0.377.